The Bertz CT molecular complexity index is 1210. The fourth-order valence-corrected chi connectivity index (χ4v) is 6.02. The summed E-state index contributed by atoms with van der Waals surface area (Å²) < 4.78 is 31.6. The van der Waals surface area contributed by atoms with Crippen LogP contribution in [0.25, 0.3) is 0 Å². The molecule has 1 atom stereocenters. The lowest BCUT2D eigenvalue weighted by atomic mass is 10.0. The van der Waals surface area contributed by atoms with Gasteiger partial charge in [0.05, 0.1) is 59.5 Å². The number of rotatable bonds is 48. The molecule has 19 nitrogen and oxygen atoms in total. The SMILES string of the molecule is CC(=O)COCCOCCNC(=O)COCCOCCNC(=O)COCCOCCNC(=O)CCC(NC(=O)CCCCCCCCCCCCCCCCCCC(=O)O)C(=O)O. The van der Waals surface area contributed by atoms with Crippen molar-refractivity contribution in [2.24, 2.45) is 0 Å². The Labute approximate surface area is 374 Å². The third-order valence-corrected chi connectivity index (χ3v) is 9.43. The minimum absolute atomic E-state index is 0.0256. The number of amides is 4. The third-order valence-electron chi connectivity index (χ3n) is 9.43. The Hall–Kier alpha value is -3.75. The van der Waals surface area contributed by atoms with Crippen molar-refractivity contribution >= 4 is 41.4 Å². The highest BCUT2D eigenvalue weighted by atomic mass is 16.5. The van der Waals surface area contributed by atoms with Crippen LogP contribution in [-0.2, 0) is 62.0 Å². The van der Waals surface area contributed by atoms with Crippen LogP contribution in [0, 0.1) is 0 Å². The molecule has 0 aromatic heterocycles. The maximum absolute atomic E-state index is 12.3. The molecular weight excluding hydrogens is 824 g/mol. The molecule has 4 amide bonds. The predicted octanol–water partition coefficient (Wildman–Crippen LogP) is 3.48. The monoisotopic (exact) mass is 905 g/mol. The van der Waals surface area contributed by atoms with E-state index in [1.165, 1.54) is 64.7 Å². The van der Waals surface area contributed by atoms with Crippen LogP contribution >= 0.6 is 0 Å². The maximum Gasteiger partial charge on any atom is 0.326 e. The number of ketones is 1. The molecule has 0 aromatic carbocycles. The van der Waals surface area contributed by atoms with Gasteiger partial charge in [-0.3, -0.25) is 28.8 Å². The van der Waals surface area contributed by atoms with Gasteiger partial charge in [-0.1, -0.05) is 89.9 Å². The smallest absolute Gasteiger partial charge is 0.326 e. The molecule has 0 aliphatic rings. The number of nitrogens with one attached hydrogen (secondary N) is 4. The normalized spacial score (nSPS) is 11.5. The first kappa shape index (κ1) is 59.2. The minimum atomic E-state index is -1.18. The van der Waals surface area contributed by atoms with Gasteiger partial charge >= 0.3 is 11.9 Å². The molecule has 0 heterocycles. The third kappa shape index (κ3) is 46.1. The Morgan fingerprint density at radius 3 is 1.13 bits per heavy atom. The number of hydrogen-bond acceptors (Lipinski definition) is 13. The van der Waals surface area contributed by atoms with Crippen molar-refractivity contribution in [3.05, 3.63) is 0 Å². The molecule has 0 rings (SSSR count). The molecule has 1 unspecified atom stereocenters. The van der Waals surface area contributed by atoms with E-state index in [1.807, 2.05) is 0 Å². The van der Waals surface area contributed by atoms with E-state index in [1.54, 1.807) is 0 Å². The van der Waals surface area contributed by atoms with Gasteiger partial charge in [-0.2, -0.15) is 0 Å². The van der Waals surface area contributed by atoms with Crippen LogP contribution in [0.3, 0.4) is 0 Å². The number of carboxylic acid groups (broad SMARTS) is 2. The zero-order valence-corrected chi connectivity index (χ0v) is 38.0. The van der Waals surface area contributed by atoms with E-state index in [-0.39, 0.29) is 128 Å². The standard InChI is InChI=1S/C44H80N4O15/c1-37(49)34-61-31-28-59-26-23-46-41(52)36-63-33-30-60-27-24-47-42(53)35-62-32-29-58-25-22-45-39(50)21-20-38(44(56)57)48-40(51)18-16-14-12-10-8-6-4-2-3-5-7-9-11-13-15-17-19-43(54)55/h38H,2-36H2,1H3,(H,45,50)(H,46,52)(H,47,53)(H,48,51)(H,54,55)(H,56,57). The van der Waals surface area contributed by atoms with Crippen LogP contribution in [0.15, 0.2) is 0 Å². The molecule has 0 spiro atoms. The van der Waals surface area contributed by atoms with Crippen LogP contribution in [0.1, 0.15) is 135 Å². The second-order valence-corrected chi connectivity index (χ2v) is 15.3. The molecule has 19 heteroatoms. The molecular formula is C44H80N4O15. The highest BCUT2D eigenvalue weighted by Crippen LogP contribution is 2.14. The summed E-state index contributed by atoms with van der Waals surface area (Å²) in [5, 5.41) is 28.7. The highest BCUT2D eigenvalue weighted by Gasteiger charge is 2.20. The number of ether oxygens (including phenoxy) is 6. The second-order valence-electron chi connectivity index (χ2n) is 15.3. The van der Waals surface area contributed by atoms with E-state index < -0.39 is 18.0 Å². The van der Waals surface area contributed by atoms with Crippen molar-refractivity contribution < 1.29 is 72.2 Å². The van der Waals surface area contributed by atoms with Crippen molar-refractivity contribution in [3.63, 3.8) is 0 Å². The molecule has 0 radical (unpaired) electrons. The molecule has 0 aliphatic heterocycles. The summed E-state index contributed by atoms with van der Waals surface area (Å²) in [5.74, 6) is -3.24. The van der Waals surface area contributed by atoms with Crippen LogP contribution in [0.2, 0.25) is 0 Å². The Kier molecular flexibility index (Phi) is 42.2. The number of carbonyl (C=O) groups is 7. The highest BCUT2D eigenvalue weighted by molar-refractivity contribution is 5.84. The summed E-state index contributed by atoms with van der Waals surface area (Å²) in [6, 6.07) is -1.14. The minimum Gasteiger partial charge on any atom is -0.481 e. The number of carbonyl (C=O) groups excluding carboxylic acids is 5. The van der Waals surface area contributed by atoms with Crippen molar-refractivity contribution in [1.82, 2.24) is 21.3 Å². The molecule has 0 saturated carbocycles. The molecule has 6 N–H and O–H groups in total. The van der Waals surface area contributed by atoms with Crippen molar-refractivity contribution in [1.29, 1.82) is 0 Å². The Morgan fingerprint density at radius 1 is 0.397 bits per heavy atom. The molecule has 0 bridgehead atoms. The number of unbranched alkanes of at least 4 members (excludes halogenated alkanes) is 15. The van der Waals surface area contributed by atoms with Gasteiger partial charge in [0.1, 0.15) is 25.9 Å². The summed E-state index contributed by atoms with van der Waals surface area (Å²) in [7, 11) is 0. The van der Waals surface area contributed by atoms with E-state index in [0.717, 1.165) is 38.5 Å². The van der Waals surface area contributed by atoms with Crippen molar-refractivity contribution in [2.75, 3.05) is 98.9 Å². The Balaban J connectivity index is 3.61. The summed E-state index contributed by atoms with van der Waals surface area (Å²) in [5.41, 5.74) is 0. The number of aliphatic carboxylic acids is 2. The first-order valence-electron chi connectivity index (χ1n) is 23.0. The molecule has 366 valence electrons. The van der Waals surface area contributed by atoms with Gasteiger partial charge in [-0.25, -0.2) is 4.79 Å². The van der Waals surface area contributed by atoms with Crippen LogP contribution in [-0.4, -0.2) is 157 Å². The quantitative estimate of drug-likeness (QED) is 0.0478. The van der Waals surface area contributed by atoms with Crippen LogP contribution < -0.4 is 21.3 Å². The van der Waals surface area contributed by atoms with Gasteiger partial charge in [0.25, 0.3) is 0 Å². The van der Waals surface area contributed by atoms with Crippen LogP contribution in [0.4, 0.5) is 0 Å². The van der Waals surface area contributed by atoms with Gasteiger partial charge in [0, 0.05) is 38.9 Å². The largest absolute Gasteiger partial charge is 0.481 e. The summed E-state index contributed by atoms with van der Waals surface area (Å²) in [6.07, 6.45) is 18.3. The van der Waals surface area contributed by atoms with Crippen LogP contribution in [0.5, 0.6) is 0 Å². The van der Waals surface area contributed by atoms with E-state index >= 15 is 0 Å². The number of carboxylic acids is 2. The van der Waals surface area contributed by atoms with Crippen molar-refractivity contribution in [3.8, 4) is 0 Å². The fraction of sp³-hybridized carbons (Fsp3) is 0.841. The number of Topliss-reactive ketones (excluding diaryl/α,β-unsaturated/α-hetero) is 1. The van der Waals surface area contributed by atoms with Gasteiger partial charge in [0.15, 0.2) is 5.78 Å². The molecule has 0 aliphatic carbocycles. The topological polar surface area (TPSA) is 263 Å². The van der Waals surface area contributed by atoms with E-state index in [0.29, 0.717) is 32.8 Å². The lowest BCUT2D eigenvalue weighted by Crippen LogP contribution is -2.41. The second kappa shape index (κ2) is 44.8. The predicted molar refractivity (Wildman–Crippen MR) is 234 cm³/mol. The first-order chi connectivity index (χ1) is 30.5. The zero-order chi connectivity index (χ0) is 46.4. The molecule has 63 heavy (non-hydrogen) atoms. The van der Waals surface area contributed by atoms with E-state index in [4.69, 9.17) is 33.5 Å². The van der Waals surface area contributed by atoms with Gasteiger partial charge in [-0.15, -0.1) is 0 Å². The maximum atomic E-state index is 12.3. The lowest BCUT2D eigenvalue weighted by molar-refractivity contribution is -0.142. The van der Waals surface area contributed by atoms with Gasteiger partial charge in [-0.05, 0) is 26.2 Å². The first-order valence-corrected chi connectivity index (χ1v) is 23.0. The van der Waals surface area contributed by atoms with E-state index in [9.17, 15) is 38.7 Å². The zero-order valence-electron chi connectivity index (χ0n) is 38.0. The van der Waals surface area contributed by atoms with E-state index in [2.05, 4.69) is 21.3 Å². The van der Waals surface area contributed by atoms with Gasteiger partial charge < -0.3 is 59.9 Å². The summed E-state index contributed by atoms with van der Waals surface area (Å²) in [6.45, 7) is 4.21. The Morgan fingerprint density at radius 2 is 0.746 bits per heavy atom. The molecule has 0 aromatic rings. The lowest BCUT2D eigenvalue weighted by Gasteiger charge is -2.14. The molecule has 0 fully saturated rings. The average Bonchev–Trinajstić information content (AvgIpc) is 3.24. The molecule has 0 saturated heterocycles. The number of hydrogen-bond donors (Lipinski definition) is 6. The summed E-state index contributed by atoms with van der Waals surface area (Å²) in [4.78, 5) is 81.1. The fourth-order valence-electron chi connectivity index (χ4n) is 6.02. The average molecular weight is 905 g/mol. The van der Waals surface area contributed by atoms with Gasteiger partial charge in [0.2, 0.25) is 23.6 Å². The summed E-state index contributed by atoms with van der Waals surface area (Å²) >= 11 is 0. The van der Waals surface area contributed by atoms with Crippen molar-refractivity contribution in [2.45, 2.75) is 141 Å².